The van der Waals surface area contributed by atoms with E-state index >= 15 is 0 Å². The van der Waals surface area contributed by atoms with Crippen molar-refractivity contribution in [3.63, 3.8) is 0 Å². The lowest BCUT2D eigenvalue weighted by Gasteiger charge is -2.61. The summed E-state index contributed by atoms with van der Waals surface area (Å²) in [6.07, 6.45) is 10.5. The number of oxime groups is 1. The number of hydrogen-bond acceptors (Lipinski definition) is 4. The Labute approximate surface area is 170 Å². The summed E-state index contributed by atoms with van der Waals surface area (Å²) in [4.78, 5) is 18.5. The molecule has 5 fully saturated rings. The average molecular weight is 387 g/mol. The number of Topliss-reactive ketones (excluding diaryl/α,β-unsaturated/α-hetero) is 1. The van der Waals surface area contributed by atoms with Crippen LogP contribution in [0.15, 0.2) is 5.16 Å². The van der Waals surface area contributed by atoms with Crippen molar-refractivity contribution in [2.75, 3.05) is 13.1 Å². The summed E-state index contributed by atoms with van der Waals surface area (Å²) in [6, 6.07) is 0. The van der Waals surface area contributed by atoms with Crippen LogP contribution in [0.25, 0.3) is 0 Å². The maximum absolute atomic E-state index is 12.7. The van der Waals surface area contributed by atoms with Gasteiger partial charge in [-0.25, -0.2) is 0 Å². The predicted octanol–water partition coefficient (Wildman–Crippen LogP) is 4.58. The topological polar surface area (TPSA) is 50.7 Å². The Morgan fingerprint density at radius 3 is 2.75 bits per heavy atom. The van der Waals surface area contributed by atoms with Crippen molar-refractivity contribution in [2.24, 2.45) is 45.6 Å². The number of carbonyl (C=O) groups is 1. The molecule has 1 heterocycles. The molecule has 4 aliphatic carbocycles. The largest absolute Gasteiger partial charge is 0.391 e. The van der Waals surface area contributed by atoms with Gasteiger partial charge in [0.25, 0.3) is 0 Å². The summed E-state index contributed by atoms with van der Waals surface area (Å²) in [5, 5.41) is 7.98. The smallest absolute Gasteiger partial charge is 0.141 e. The number of nitrogens with one attached hydrogen (secondary N) is 1. The molecular weight excluding hydrogens is 348 g/mol. The van der Waals surface area contributed by atoms with Crippen molar-refractivity contribution >= 4 is 11.5 Å². The van der Waals surface area contributed by atoms with Gasteiger partial charge in [-0.2, -0.15) is 0 Å². The summed E-state index contributed by atoms with van der Waals surface area (Å²) < 4.78 is 0. The Morgan fingerprint density at radius 1 is 1.11 bits per heavy atom. The summed E-state index contributed by atoms with van der Waals surface area (Å²) in [7, 11) is 0. The molecule has 4 saturated carbocycles. The van der Waals surface area contributed by atoms with Crippen LogP contribution in [0.4, 0.5) is 0 Å². The van der Waals surface area contributed by atoms with Gasteiger partial charge in [-0.3, -0.25) is 4.79 Å². The summed E-state index contributed by atoms with van der Waals surface area (Å²) in [5.74, 6) is 4.23. The molecule has 28 heavy (non-hydrogen) atoms. The molecule has 0 aromatic carbocycles. The fraction of sp³-hybridized carbons (Fsp3) is 0.917. The second-order valence-corrected chi connectivity index (χ2v) is 11.2. The van der Waals surface area contributed by atoms with Gasteiger partial charge in [-0.1, -0.05) is 25.9 Å². The second kappa shape index (κ2) is 6.82. The number of nitrogens with zero attached hydrogens (tertiary/aromatic N) is 1. The molecule has 0 bridgehead atoms. The molecule has 0 radical (unpaired) electrons. The Bertz CT molecular complexity index is 670. The quantitative estimate of drug-likeness (QED) is 0.707. The second-order valence-electron chi connectivity index (χ2n) is 11.2. The highest BCUT2D eigenvalue weighted by Crippen LogP contribution is 2.66. The average Bonchev–Trinajstić information content (AvgIpc) is 3.29. The Morgan fingerprint density at radius 2 is 1.96 bits per heavy atom. The Kier molecular flexibility index (Phi) is 4.65. The first-order chi connectivity index (χ1) is 13.4. The highest BCUT2D eigenvalue weighted by atomic mass is 16.6. The van der Waals surface area contributed by atoms with E-state index in [4.69, 9.17) is 4.84 Å². The van der Waals surface area contributed by atoms with Gasteiger partial charge in [-0.15, -0.1) is 0 Å². The molecule has 0 spiro atoms. The maximum Gasteiger partial charge on any atom is 0.141 e. The normalized spacial score (nSPS) is 52.2. The van der Waals surface area contributed by atoms with Crippen LogP contribution in [0.3, 0.4) is 0 Å². The van der Waals surface area contributed by atoms with Crippen LogP contribution in [-0.4, -0.2) is 30.7 Å². The van der Waals surface area contributed by atoms with Crippen LogP contribution in [0.1, 0.15) is 78.6 Å². The predicted molar refractivity (Wildman–Crippen MR) is 111 cm³/mol. The van der Waals surface area contributed by atoms with E-state index in [1.54, 1.807) is 0 Å². The monoisotopic (exact) mass is 386 g/mol. The lowest BCUT2D eigenvalue weighted by Crippen LogP contribution is -2.56. The van der Waals surface area contributed by atoms with E-state index in [1.165, 1.54) is 25.0 Å². The Hall–Kier alpha value is -0.900. The van der Waals surface area contributed by atoms with Gasteiger partial charge >= 0.3 is 0 Å². The number of carbonyl (C=O) groups excluding carboxylic acids is 1. The van der Waals surface area contributed by atoms with E-state index < -0.39 is 0 Å². The molecular formula is C24H38N2O2. The van der Waals surface area contributed by atoms with Crippen LogP contribution in [0, 0.1) is 40.4 Å². The van der Waals surface area contributed by atoms with Crippen molar-refractivity contribution in [3.8, 4) is 0 Å². The van der Waals surface area contributed by atoms with E-state index in [0.29, 0.717) is 17.1 Å². The molecule has 1 aliphatic heterocycles. The molecule has 1 N–H and O–H groups in total. The molecule has 0 amide bonds. The lowest BCUT2D eigenvalue weighted by atomic mass is 9.43. The van der Waals surface area contributed by atoms with Crippen LogP contribution < -0.4 is 5.32 Å². The zero-order valence-corrected chi connectivity index (χ0v) is 18.0. The molecule has 3 unspecified atom stereocenters. The highest BCUT2D eigenvalue weighted by molar-refractivity contribution is 5.87. The summed E-state index contributed by atoms with van der Waals surface area (Å²) in [6.45, 7) is 9.36. The van der Waals surface area contributed by atoms with E-state index in [2.05, 4.69) is 31.2 Å². The SMILES string of the molecule is CC1CC2CC(=NOC3CCNC3)CC[C@]2(C)[C@@H]2CC[C@]3(C)C(=O)CC[C@H]3[C@H]12. The molecule has 5 rings (SSSR count). The van der Waals surface area contributed by atoms with Gasteiger partial charge in [-0.05, 0) is 86.5 Å². The molecule has 8 atom stereocenters. The molecule has 4 heteroatoms. The molecule has 4 nitrogen and oxygen atoms in total. The fourth-order valence-corrected chi connectivity index (χ4v) is 8.16. The van der Waals surface area contributed by atoms with Gasteiger partial charge in [0.1, 0.15) is 11.9 Å². The molecule has 0 aromatic rings. The fourth-order valence-electron chi connectivity index (χ4n) is 8.16. The first-order valence-corrected chi connectivity index (χ1v) is 11.9. The van der Waals surface area contributed by atoms with Gasteiger partial charge in [0.15, 0.2) is 0 Å². The van der Waals surface area contributed by atoms with Crippen molar-refractivity contribution in [3.05, 3.63) is 0 Å². The van der Waals surface area contributed by atoms with Crippen LogP contribution in [-0.2, 0) is 9.63 Å². The summed E-state index contributed by atoms with van der Waals surface area (Å²) >= 11 is 0. The third-order valence-electron chi connectivity index (χ3n) is 9.91. The summed E-state index contributed by atoms with van der Waals surface area (Å²) in [5.41, 5.74) is 1.72. The molecule has 156 valence electrons. The van der Waals surface area contributed by atoms with E-state index in [-0.39, 0.29) is 11.5 Å². The van der Waals surface area contributed by atoms with Crippen molar-refractivity contribution in [1.82, 2.24) is 5.32 Å². The molecule has 0 aromatic heterocycles. The van der Waals surface area contributed by atoms with Crippen molar-refractivity contribution in [1.29, 1.82) is 0 Å². The molecule has 1 saturated heterocycles. The minimum absolute atomic E-state index is 0.0108. The minimum Gasteiger partial charge on any atom is -0.391 e. The number of rotatable bonds is 2. The first-order valence-electron chi connectivity index (χ1n) is 11.9. The molecule has 5 aliphatic rings. The third-order valence-corrected chi connectivity index (χ3v) is 9.91. The highest BCUT2D eigenvalue weighted by Gasteiger charge is 2.61. The van der Waals surface area contributed by atoms with Crippen LogP contribution in [0.5, 0.6) is 0 Å². The van der Waals surface area contributed by atoms with Crippen molar-refractivity contribution in [2.45, 2.75) is 84.7 Å². The number of hydrogen-bond donors (Lipinski definition) is 1. The van der Waals surface area contributed by atoms with Crippen LogP contribution in [0.2, 0.25) is 0 Å². The van der Waals surface area contributed by atoms with Gasteiger partial charge in [0.2, 0.25) is 0 Å². The van der Waals surface area contributed by atoms with Gasteiger partial charge < -0.3 is 10.2 Å². The van der Waals surface area contributed by atoms with Crippen LogP contribution >= 0.6 is 0 Å². The maximum atomic E-state index is 12.7. The van der Waals surface area contributed by atoms with Gasteiger partial charge in [0, 0.05) is 24.8 Å². The minimum atomic E-state index is -0.0108. The zero-order chi connectivity index (χ0) is 19.5. The van der Waals surface area contributed by atoms with E-state index in [0.717, 1.165) is 75.3 Å². The van der Waals surface area contributed by atoms with E-state index in [9.17, 15) is 4.79 Å². The van der Waals surface area contributed by atoms with E-state index in [1.807, 2.05) is 0 Å². The number of fused-ring (bicyclic) bond motifs is 5. The van der Waals surface area contributed by atoms with Crippen molar-refractivity contribution < 1.29 is 9.63 Å². The number of ketones is 1. The van der Waals surface area contributed by atoms with Gasteiger partial charge in [0.05, 0.1) is 5.71 Å². The Balaban J connectivity index is 1.34. The standard InChI is InChI=1S/C24H38N2O2/c1-15-12-16-13-17(26-28-18-8-11-25-14-18)6-9-23(16,2)20-7-10-24(3)19(22(15)20)4-5-21(24)27/h15-16,18-20,22,25H,4-14H2,1-3H3/t15?,16?,18?,19-,20+,22-,23-,24-/m0/s1. The lowest BCUT2D eigenvalue weighted by molar-refractivity contribution is -0.143. The zero-order valence-electron chi connectivity index (χ0n) is 18.0. The first kappa shape index (κ1) is 19.1. The third kappa shape index (κ3) is 2.80.